The topological polar surface area (TPSA) is 12.9 Å². The van der Waals surface area contributed by atoms with E-state index in [9.17, 15) is 0 Å². The van der Waals surface area contributed by atoms with Crippen LogP contribution in [-0.4, -0.2) is 4.98 Å². The fraction of sp³-hybridized carbons (Fsp3) is 0. The van der Waals surface area contributed by atoms with Gasteiger partial charge in [-0.25, -0.2) is 4.98 Å². The molecule has 0 atom stereocenters. The van der Waals surface area contributed by atoms with Crippen LogP contribution in [0.15, 0.2) is 60.7 Å². The second kappa shape index (κ2) is 3.54. The van der Waals surface area contributed by atoms with Gasteiger partial charge in [-0.05, 0) is 51.9 Å². The third-order valence-corrected chi connectivity index (χ3v) is 3.37. The van der Waals surface area contributed by atoms with Crippen LogP contribution in [0.2, 0.25) is 0 Å². The van der Waals surface area contributed by atoms with Crippen LogP contribution in [0.4, 0.5) is 0 Å². The van der Waals surface area contributed by atoms with Crippen LogP contribution in [0.5, 0.6) is 0 Å². The van der Waals surface area contributed by atoms with Gasteiger partial charge in [0.05, 0.1) is 11.7 Å². The summed E-state index contributed by atoms with van der Waals surface area (Å²) >= 11 is 0. The molecule has 0 aliphatic heterocycles. The Hall–Kier alpha value is -2.41. The third-order valence-electron chi connectivity index (χ3n) is 3.37. The first-order valence-electron chi connectivity index (χ1n) is 5.99. The van der Waals surface area contributed by atoms with E-state index in [-0.39, 0.29) is 0 Å². The predicted molar refractivity (Wildman–Crippen MR) is 75.6 cm³/mol. The minimum absolute atomic E-state index is 1.00. The van der Waals surface area contributed by atoms with E-state index in [0.717, 1.165) is 10.9 Å². The van der Waals surface area contributed by atoms with E-state index in [1.54, 1.807) is 0 Å². The molecule has 1 radical (unpaired) electrons. The summed E-state index contributed by atoms with van der Waals surface area (Å²) < 4.78 is 0. The van der Waals surface area contributed by atoms with Gasteiger partial charge in [-0.2, -0.15) is 0 Å². The van der Waals surface area contributed by atoms with E-state index >= 15 is 0 Å². The summed E-state index contributed by atoms with van der Waals surface area (Å²) in [4.78, 5) is 4.29. The second-order valence-electron chi connectivity index (χ2n) is 4.53. The fourth-order valence-electron chi connectivity index (χ4n) is 2.46. The first-order valence-corrected chi connectivity index (χ1v) is 5.99. The first kappa shape index (κ1) is 9.60. The van der Waals surface area contributed by atoms with Crippen molar-refractivity contribution in [1.82, 2.24) is 4.98 Å². The van der Waals surface area contributed by atoms with Crippen LogP contribution < -0.4 is 0 Å². The van der Waals surface area contributed by atoms with E-state index in [1.807, 2.05) is 6.07 Å². The summed E-state index contributed by atoms with van der Waals surface area (Å²) in [7, 11) is 0. The smallest absolute Gasteiger partial charge is 0.0894 e. The van der Waals surface area contributed by atoms with Gasteiger partial charge >= 0.3 is 0 Å². The molecule has 1 aromatic heterocycles. The highest BCUT2D eigenvalue weighted by Gasteiger charge is 2.00. The molecule has 1 nitrogen and oxygen atoms in total. The van der Waals surface area contributed by atoms with Crippen LogP contribution in [-0.2, 0) is 0 Å². The maximum absolute atomic E-state index is 4.29. The van der Waals surface area contributed by atoms with Crippen LogP contribution in [0.25, 0.3) is 32.4 Å². The third kappa shape index (κ3) is 1.37. The zero-order valence-electron chi connectivity index (χ0n) is 9.72. The van der Waals surface area contributed by atoms with Crippen molar-refractivity contribution in [2.45, 2.75) is 0 Å². The quantitative estimate of drug-likeness (QED) is 0.408. The molecule has 0 saturated carbocycles. The first-order chi connectivity index (χ1) is 8.90. The van der Waals surface area contributed by atoms with Crippen molar-refractivity contribution in [2.75, 3.05) is 0 Å². The number of rotatable bonds is 0. The zero-order chi connectivity index (χ0) is 11.9. The standard InChI is InChI=1S/C17H10N/c1-2-5-13-9-16-11-17-14(6-3-7-18-17)10-15(16)8-12(13)4-1/h1-6,8-11H. The number of benzene rings is 3. The van der Waals surface area contributed by atoms with Gasteiger partial charge in [0.25, 0.3) is 0 Å². The largest absolute Gasteiger partial charge is 0.246 e. The molecule has 0 bridgehead atoms. The highest BCUT2D eigenvalue weighted by atomic mass is 14.6. The SMILES string of the molecule is [c]1ccc2cc3cc4ccccc4cc3cc2n1. The highest BCUT2D eigenvalue weighted by Crippen LogP contribution is 2.26. The maximum atomic E-state index is 4.29. The van der Waals surface area contributed by atoms with Gasteiger partial charge < -0.3 is 0 Å². The Kier molecular flexibility index (Phi) is 1.89. The molecule has 0 saturated heterocycles. The molecular weight excluding hydrogens is 218 g/mol. The van der Waals surface area contributed by atoms with Gasteiger partial charge in [-0.3, -0.25) is 0 Å². The number of hydrogen-bond acceptors (Lipinski definition) is 1. The van der Waals surface area contributed by atoms with Crippen molar-refractivity contribution in [2.24, 2.45) is 0 Å². The van der Waals surface area contributed by atoms with Gasteiger partial charge in [-0.15, -0.1) is 0 Å². The van der Waals surface area contributed by atoms with Crippen LogP contribution >= 0.6 is 0 Å². The van der Waals surface area contributed by atoms with Crippen molar-refractivity contribution >= 4 is 32.4 Å². The lowest BCUT2D eigenvalue weighted by molar-refractivity contribution is 1.40. The van der Waals surface area contributed by atoms with Gasteiger partial charge in [0.15, 0.2) is 0 Å². The molecule has 0 aliphatic rings. The molecule has 0 aliphatic carbocycles. The predicted octanol–water partition coefficient (Wildman–Crippen LogP) is 4.34. The number of pyridine rings is 1. The fourth-order valence-corrected chi connectivity index (χ4v) is 2.46. The average Bonchev–Trinajstić information content (AvgIpc) is 2.42. The summed E-state index contributed by atoms with van der Waals surface area (Å²) in [6, 6.07) is 21.1. The molecule has 4 aromatic rings. The summed E-state index contributed by atoms with van der Waals surface area (Å²) in [6.07, 6.45) is 2.89. The summed E-state index contributed by atoms with van der Waals surface area (Å²) in [5, 5.41) is 6.20. The lowest BCUT2D eigenvalue weighted by atomic mass is 10.0. The van der Waals surface area contributed by atoms with Crippen LogP contribution in [0.3, 0.4) is 0 Å². The summed E-state index contributed by atoms with van der Waals surface area (Å²) in [5.74, 6) is 0. The van der Waals surface area contributed by atoms with E-state index in [2.05, 4.69) is 65.8 Å². The Morgan fingerprint density at radius 3 is 2.11 bits per heavy atom. The lowest BCUT2D eigenvalue weighted by Crippen LogP contribution is -1.80. The molecule has 0 fully saturated rings. The second-order valence-corrected chi connectivity index (χ2v) is 4.53. The number of hydrogen-bond donors (Lipinski definition) is 0. The number of fused-ring (bicyclic) bond motifs is 3. The maximum Gasteiger partial charge on any atom is 0.0894 e. The van der Waals surface area contributed by atoms with Crippen molar-refractivity contribution in [1.29, 1.82) is 0 Å². The van der Waals surface area contributed by atoms with Crippen molar-refractivity contribution < 1.29 is 0 Å². The molecule has 83 valence electrons. The lowest BCUT2D eigenvalue weighted by Gasteiger charge is -2.04. The van der Waals surface area contributed by atoms with Gasteiger partial charge in [0.1, 0.15) is 0 Å². The minimum atomic E-state index is 1.00. The van der Waals surface area contributed by atoms with Crippen molar-refractivity contribution in [3.05, 3.63) is 66.9 Å². The molecule has 0 spiro atoms. The molecule has 18 heavy (non-hydrogen) atoms. The molecule has 1 heteroatoms. The molecule has 4 rings (SSSR count). The Morgan fingerprint density at radius 2 is 1.33 bits per heavy atom. The van der Waals surface area contributed by atoms with Crippen LogP contribution in [0, 0.1) is 6.20 Å². The van der Waals surface area contributed by atoms with E-state index in [4.69, 9.17) is 0 Å². The molecule has 3 aromatic carbocycles. The van der Waals surface area contributed by atoms with Gasteiger partial charge in [-0.1, -0.05) is 30.3 Å². The Balaban J connectivity index is 2.20. The monoisotopic (exact) mass is 228 g/mol. The van der Waals surface area contributed by atoms with Crippen molar-refractivity contribution in [3.8, 4) is 0 Å². The minimum Gasteiger partial charge on any atom is -0.246 e. The molecular formula is C17H10N. The molecule has 0 amide bonds. The summed E-state index contributed by atoms with van der Waals surface area (Å²) in [6.45, 7) is 0. The Bertz CT molecular complexity index is 734. The van der Waals surface area contributed by atoms with Gasteiger partial charge in [0, 0.05) is 5.39 Å². The van der Waals surface area contributed by atoms with Gasteiger partial charge in [0.2, 0.25) is 0 Å². The molecule has 1 heterocycles. The molecule has 0 unspecified atom stereocenters. The van der Waals surface area contributed by atoms with E-state index in [1.165, 1.54) is 21.5 Å². The van der Waals surface area contributed by atoms with Crippen LogP contribution in [0.1, 0.15) is 0 Å². The van der Waals surface area contributed by atoms with E-state index in [0.29, 0.717) is 0 Å². The summed E-state index contributed by atoms with van der Waals surface area (Å²) in [5.41, 5.74) is 1.00. The molecule has 0 N–H and O–H groups in total. The highest BCUT2D eigenvalue weighted by molar-refractivity contribution is 6.03. The van der Waals surface area contributed by atoms with Crippen molar-refractivity contribution in [3.63, 3.8) is 0 Å². The zero-order valence-corrected chi connectivity index (χ0v) is 9.72. The average molecular weight is 228 g/mol. The Morgan fingerprint density at radius 1 is 0.667 bits per heavy atom. The number of aromatic nitrogens is 1. The normalized spacial score (nSPS) is 11.3. The Labute approximate surface area is 105 Å². The number of nitrogens with zero attached hydrogens (tertiary/aromatic N) is 1. The van der Waals surface area contributed by atoms with E-state index < -0.39 is 0 Å².